The molecule has 11 heavy (non-hydrogen) atoms. The van der Waals surface area contributed by atoms with Gasteiger partial charge in [-0.1, -0.05) is 34.6 Å². The molecular weight excluding hydrogens is 138 g/mol. The fourth-order valence-electron chi connectivity index (χ4n) is 1.11. The van der Waals surface area contributed by atoms with E-state index in [9.17, 15) is 4.79 Å². The summed E-state index contributed by atoms with van der Waals surface area (Å²) >= 11 is 0. The zero-order chi connectivity index (χ0) is 9.28. The Balaban J connectivity index is 4.50. The minimum absolute atomic E-state index is 0.229. The molecule has 0 rings (SSSR count). The standard InChI is InChI=1S/C9H19NO/c1-8(2,3)7(11)9(4,5)6-10/h6,10H2,1-5H3. The maximum Gasteiger partial charge on any atom is 0.145 e. The third-order valence-corrected chi connectivity index (χ3v) is 1.81. The highest BCUT2D eigenvalue weighted by molar-refractivity contribution is 5.88. The van der Waals surface area contributed by atoms with Crippen molar-refractivity contribution < 1.29 is 4.79 Å². The summed E-state index contributed by atoms with van der Waals surface area (Å²) in [6.45, 7) is 9.97. The molecule has 66 valence electrons. The number of Topliss-reactive ketones (excluding diaryl/α,β-unsaturated/α-hetero) is 1. The van der Waals surface area contributed by atoms with Crippen LogP contribution >= 0.6 is 0 Å². The molecule has 0 fully saturated rings. The Morgan fingerprint density at radius 2 is 1.55 bits per heavy atom. The molecule has 0 atom stereocenters. The second-order valence-corrected chi connectivity index (χ2v) is 4.67. The summed E-state index contributed by atoms with van der Waals surface area (Å²) in [5, 5.41) is 0. The highest BCUT2D eigenvalue weighted by Gasteiger charge is 2.34. The number of rotatable bonds is 2. The van der Waals surface area contributed by atoms with Crippen molar-refractivity contribution in [2.75, 3.05) is 6.54 Å². The van der Waals surface area contributed by atoms with Crippen molar-refractivity contribution in [1.29, 1.82) is 0 Å². The van der Waals surface area contributed by atoms with Crippen LogP contribution in [-0.4, -0.2) is 12.3 Å². The summed E-state index contributed by atoms with van der Waals surface area (Å²) in [4.78, 5) is 11.6. The maximum absolute atomic E-state index is 11.6. The molecule has 0 saturated carbocycles. The highest BCUT2D eigenvalue weighted by Crippen LogP contribution is 2.27. The Morgan fingerprint density at radius 3 is 1.64 bits per heavy atom. The Labute approximate surface area is 69.2 Å². The second-order valence-electron chi connectivity index (χ2n) is 4.67. The van der Waals surface area contributed by atoms with Gasteiger partial charge in [0.15, 0.2) is 0 Å². The van der Waals surface area contributed by atoms with Gasteiger partial charge in [0.1, 0.15) is 5.78 Å². The molecule has 0 heterocycles. The molecule has 0 aromatic rings. The molecule has 0 spiro atoms. The molecule has 0 aromatic carbocycles. The smallest absolute Gasteiger partial charge is 0.145 e. The lowest BCUT2D eigenvalue weighted by Crippen LogP contribution is -2.40. The van der Waals surface area contributed by atoms with Crippen LogP contribution in [0.25, 0.3) is 0 Å². The summed E-state index contributed by atoms with van der Waals surface area (Å²) in [7, 11) is 0. The van der Waals surface area contributed by atoms with Gasteiger partial charge in [-0.25, -0.2) is 0 Å². The first-order valence-electron chi connectivity index (χ1n) is 3.97. The average Bonchev–Trinajstić information content (AvgIpc) is 1.84. The third-order valence-electron chi connectivity index (χ3n) is 1.81. The van der Waals surface area contributed by atoms with Gasteiger partial charge in [-0.05, 0) is 0 Å². The van der Waals surface area contributed by atoms with Crippen LogP contribution in [0, 0.1) is 10.8 Å². The molecule has 0 aliphatic carbocycles. The summed E-state index contributed by atoms with van der Waals surface area (Å²) < 4.78 is 0. The molecular formula is C9H19NO. The van der Waals surface area contributed by atoms with Gasteiger partial charge in [0.05, 0.1) is 0 Å². The third kappa shape index (κ3) is 2.62. The lowest BCUT2D eigenvalue weighted by Gasteiger charge is -2.29. The van der Waals surface area contributed by atoms with Crippen LogP contribution in [0.4, 0.5) is 0 Å². The van der Waals surface area contributed by atoms with Crippen molar-refractivity contribution in [1.82, 2.24) is 0 Å². The van der Waals surface area contributed by atoms with E-state index in [1.165, 1.54) is 0 Å². The second kappa shape index (κ2) is 2.94. The molecule has 0 bridgehead atoms. The Hall–Kier alpha value is -0.370. The van der Waals surface area contributed by atoms with E-state index in [-0.39, 0.29) is 16.6 Å². The molecule has 0 aliphatic rings. The largest absolute Gasteiger partial charge is 0.329 e. The van der Waals surface area contributed by atoms with E-state index in [1.54, 1.807) is 0 Å². The first kappa shape index (κ1) is 10.6. The van der Waals surface area contributed by atoms with Gasteiger partial charge in [-0.3, -0.25) is 4.79 Å². The van der Waals surface area contributed by atoms with Gasteiger partial charge in [0.2, 0.25) is 0 Å². The number of carbonyl (C=O) groups excluding carboxylic acids is 1. The molecule has 2 nitrogen and oxygen atoms in total. The number of hydrogen-bond acceptors (Lipinski definition) is 2. The molecule has 0 radical (unpaired) electrons. The Kier molecular flexibility index (Phi) is 2.84. The van der Waals surface area contributed by atoms with Crippen molar-refractivity contribution in [2.45, 2.75) is 34.6 Å². The van der Waals surface area contributed by atoms with Crippen molar-refractivity contribution >= 4 is 5.78 Å². The number of nitrogens with two attached hydrogens (primary N) is 1. The minimum atomic E-state index is -0.377. The maximum atomic E-state index is 11.6. The molecule has 0 amide bonds. The van der Waals surface area contributed by atoms with Crippen LogP contribution in [0.15, 0.2) is 0 Å². The Bertz CT molecular complexity index is 153. The molecule has 0 unspecified atom stereocenters. The van der Waals surface area contributed by atoms with Crippen LogP contribution in [0.1, 0.15) is 34.6 Å². The van der Waals surface area contributed by atoms with Crippen LogP contribution in [-0.2, 0) is 4.79 Å². The Morgan fingerprint density at radius 1 is 1.18 bits per heavy atom. The van der Waals surface area contributed by atoms with E-state index in [0.717, 1.165) is 0 Å². The van der Waals surface area contributed by atoms with E-state index >= 15 is 0 Å². The molecule has 2 heteroatoms. The summed E-state index contributed by atoms with van der Waals surface area (Å²) in [5.41, 5.74) is 4.83. The minimum Gasteiger partial charge on any atom is -0.329 e. The zero-order valence-corrected chi connectivity index (χ0v) is 8.19. The van der Waals surface area contributed by atoms with Crippen molar-refractivity contribution in [3.05, 3.63) is 0 Å². The predicted molar refractivity (Wildman–Crippen MR) is 47.3 cm³/mol. The lowest BCUT2D eigenvalue weighted by molar-refractivity contribution is -0.134. The van der Waals surface area contributed by atoms with E-state index < -0.39 is 0 Å². The first-order valence-corrected chi connectivity index (χ1v) is 3.97. The zero-order valence-electron chi connectivity index (χ0n) is 8.19. The van der Waals surface area contributed by atoms with Gasteiger partial charge in [0, 0.05) is 17.4 Å². The van der Waals surface area contributed by atoms with Gasteiger partial charge < -0.3 is 5.73 Å². The molecule has 0 saturated heterocycles. The fraction of sp³-hybridized carbons (Fsp3) is 0.889. The first-order chi connectivity index (χ1) is 4.72. The molecule has 0 aliphatic heterocycles. The number of ketones is 1. The summed E-state index contributed by atoms with van der Waals surface area (Å²) in [6, 6.07) is 0. The monoisotopic (exact) mass is 157 g/mol. The van der Waals surface area contributed by atoms with E-state index in [2.05, 4.69) is 0 Å². The fourth-order valence-corrected chi connectivity index (χ4v) is 1.11. The van der Waals surface area contributed by atoms with Gasteiger partial charge in [0.25, 0.3) is 0 Å². The van der Waals surface area contributed by atoms with Crippen LogP contribution in [0.5, 0.6) is 0 Å². The van der Waals surface area contributed by atoms with Crippen LogP contribution in [0.2, 0.25) is 0 Å². The highest BCUT2D eigenvalue weighted by atomic mass is 16.1. The summed E-state index contributed by atoms with van der Waals surface area (Å²) in [6.07, 6.45) is 0. The molecule has 0 aromatic heterocycles. The predicted octanol–water partition coefficient (Wildman–Crippen LogP) is 1.59. The van der Waals surface area contributed by atoms with Crippen molar-refractivity contribution in [2.24, 2.45) is 16.6 Å². The quantitative estimate of drug-likeness (QED) is 0.661. The normalized spacial score (nSPS) is 13.3. The van der Waals surface area contributed by atoms with Crippen molar-refractivity contribution in [3.8, 4) is 0 Å². The van der Waals surface area contributed by atoms with Crippen LogP contribution in [0.3, 0.4) is 0 Å². The van der Waals surface area contributed by atoms with E-state index in [0.29, 0.717) is 6.54 Å². The van der Waals surface area contributed by atoms with Gasteiger partial charge in [-0.15, -0.1) is 0 Å². The van der Waals surface area contributed by atoms with E-state index in [4.69, 9.17) is 5.73 Å². The van der Waals surface area contributed by atoms with E-state index in [1.807, 2.05) is 34.6 Å². The SMILES string of the molecule is CC(C)(C)C(=O)C(C)(C)CN. The van der Waals surface area contributed by atoms with Crippen LogP contribution < -0.4 is 5.73 Å². The molecule has 2 N–H and O–H groups in total. The van der Waals surface area contributed by atoms with Gasteiger partial charge in [-0.2, -0.15) is 0 Å². The number of hydrogen-bond donors (Lipinski definition) is 1. The average molecular weight is 157 g/mol. The van der Waals surface area contributed by atoms with Gasteiger partial charge >= 0.3 is 0 Å². The number of carbonyl (C=O) groups is 1. The summed E-state index contributed by atoms with van der Waals surface area (Å²) in [5.74, 6) is 0.229. The lowest BCUT2D eigenvalue weighted by atomic mass is 9.75. The van der Waals surface area contributed by atoms with Crippen molar-refractivity contribution in [3.63, 3.8) is 0 Å². The topological polar surface area (TPSA) is 43.1 Å².